The summed E-state index contributed by atoms with van der Waals surface area (Å²) in [7, 11) is 2.15. The topological polar surface area (TPSA) is 28.5 Å². The molecule has 1 aliphatic rings. The number of piperazine rings is 1. The molecular weight excluding hydrogens is 329 g/mol. The van der Waals surface area contributed by atoms with Gasteiger partial charge in [-0.15, -0.1) is 0 Å². The van der Waals surface area contributed by atoms with Crippen LogP contribution in [0.4, 0.5) is 4.39 Å². The molecule has 3 aromatic rings. The number of halogens is 1. The first-order valence-electron chi connectivity index (χ1n) is 9.26. The highest BCUT2D eigenvalue weighted by molar-refractivity contribution is 5.93. The Kier molecular flexibility index (Phi) is 4.74. The molecule has 0 atom stereocenters. The van der Waals surface area contributed by atoms with Crippen LogP contribution in [0.3, 0.4) is 0 Å². The van der Waals surface area contributed by atoms with E-state index < -0.39 is 0 Å². The van der Waals surface area contributed by atoms with Crippen LogP contribution < -0.4 is 5.43 Å². The summed E-state index contributed by atoms with van der Waals surface area (Å²) in [4.78, 5) is 17.6. The zero-order valence-electron chi connectivity index (χ0n) is 15.1. The van der Waals surface area contributed by atoms with E-state index in [1.807, 2.05) is 28.8 Å². The summed E-state index contributed by atoms with van der Waals surface area (Å²) in [5, 5.41) is 1.12. The molecule has 0 N–H and O–H groups in total. The van der Waals surface area contributed by atoms with Crippen LogP contribution in [-0.4, -0.2) is 54.1 Å². The van der Waals surface area contributed by atoms with Crippen LogP contribution in [0, 0.1) is 5.82 Å². The van der Waals surface area contributed by atoms with Gasteiger partial charge in [-0.05, 0) is 44.3 Å². The molecule has 136 valence electrons. The molecule has 0 amide bonds. The van der Waals surface area contributed by atoms with Crippen LogP contribution in [0.25, 0.3) is 21.8 Å². The fraction of sp³-hybridized carbons (Fsp3) is 0.381. The Morgan fingerprint density at radius 3 is 2.46 bits per heavy atom. The number of fused-ring (bicyclic) bond motifs is 2. The number of rotatable bonds is 4. The molecule has 0 spiro atoms. The van der Waals surface area contributed by atoms with Gasteiger partial charge in [0.25, 0.3) is 0 Å². The lowest BCUT2D eigenvalue weighted by atomic mass is 10.1. The van der Waals surface area contributed by atoms with Gasteiger partial charge in [-0.3, -0.25) is 4.79 Å². The average Bonchev–Trinajstić information content (AvgIpc) is 2.66. The molecule has 1 aliphatic heterocycles. The van der Waals surface area contributed by atoms with Gasteiger partial charge in [-0.1, -0.05) is 18.2 Å². The minimum atomic E-state index is -0.329. The lowest BCUT2D eigenvalue weighted by molar-refractivity contribution is 0.151. The molecule has 0 aliphatic carbocycles. The van der Waals surface area contributed by atoms with Gasteiger partial charge in [-0.25, -0.2) is 4.39 Å². The van der Waals surface area contributed by atoms with Crippen LogP contribution in [0.1, 0.15) is 6.42 Å². The van der Waals surface area contributed by atoms with Crippen molar-refractivity contribution in [2.24, 2.45) is 0 Å². The predicted molar refractivity (Wildman–Crippen MR) is 104 cm³/mol. The molecule has 0 saturated carbocycles. The van der Waals surface area contributed by atoms with Crippen molar-refractivity contribution in [2.75, 3.05) is 39.8 Å². The van der Waals surface area contributed by atoms with Gasteiger partial charge in [-0.2, -0.15) is 0 Å². The second kappa shape index (κ2) is 7.17. The maximum atomic E-state index is 14.6. The highest BCUT2D eigenvalue weighted by Gasteiger charge is 2.16. The first-order valence-corrected chi connectivity index (χ1v) is 9.26. The second-order valence-electron chi connectivity index (χ2n) is 7.13. The molecule has 2 heterocycles. The van der Waals surface area contributed by atoms with E-state index >= 15 is 0 Å². The number of likely N-dealkylation sites (N-methyl/N-ethyl adjacent to an activating group) is 1. The van der Waals surface area contributed by atoms with E-state index in [0.717, 1.165) is 44.7 Å². The number of hydrogen-bond donors (Lipinski definition) is 0. The van der Waals surface area contributed by atoms with Crippen LogP contribution in [0.2, 0.25) is 0 Å². The van der Waals surface area contributed by atoms with E-state index in [0.29, 0.717) is 22.8 Å². The molecule has 1 aromatic heterocycles. The number of aromatic nitrogens is 1. The first kappa shape index (κ1) is 17.2. The maximum Gasteiger partial charge on any atom is 0.197 e. The summed E-state index contributed by atoms with van der Waals surface area (Å²) in [6.45, 7) is 6.04. The lowest BCUT2D eigenvalue weighted by Crippen LogP contribution is -2.44. The van der Waals surface area contributed by atoms with Crippen molar-refractivity contribution in [3.05, 3.63) is 58.5 Å². The van der Waals surface area contributed by atoms with E-state index in [-0.39, 0.29) is 11.2 Å². The highest BCUT2D eigenvalue weighted by Crippen LogP contribution is 2.22. The number of hydrogen-bond acceptors (Lipinski definition) is 3. The standard InChI is InChI=1S/C21H24FN3O/c1-23-12-14-24(15-13-23)10-5-11-25-19-9-3-2-6-16(19)21(26)17-7-4-8-18(22)20(17)25/h2-4,6-9H,5,10-15H2,1H3. The van der Waals surface area contributed by atoms with Gasteiger partial charge in [0.15, 0.2) is 5.43 Å². The van der Waals surface area contributed by atoms with E-state index in [1.54, 1.807) is 12.1 Å². The van der Waals surface area contributed by atoms with Crippen molar-refractivity contribution in [3.63, 3.8) is 0 Å². The molecule has 2 aromatic carbocycles. The van der Waals surface area contributed by atoms with Crippen molar-refractivity contribution in [1.82, 2.24) is 14.4 Å². The molecule has 4 nitrogen and oxygen atoms in total. The molecule has 5 heteroatoms. The van der Waals surface area contributed by atoms with Gasteiger partial charge < -0.3 is 14.4 Å². The van der Waals surface area contributed by atoms with Crippen LogP contribution in [-0.2, 0) is 6.54 Å². The summed E-state index contributed by atoms with van der Waals surface area (Å²) < 4.78 is 16.6. The van der Waals surface area contributed by atoms with Crippen molar-refractivity contribution >= 4 is 21.8 Å². The van der Waals surface area contributed by atoms with Crippen LogP contribution >= 0.6 is 0 Å². The van der Waals surface area contributed by atoms with Gasteiger partial charge in [0.1, 0.15) is 5.82 Å². The third kappa shape index (κ3) is 3.13. The summed E-state index contributed by atoms with van der Waals surface area (Å²) in [6.07, 6.45) is 0.931. The van der Waals surface area contributed by atoms with Crippen molar-refractivity contribution in [2.45, 2.75) is 13.0 Å². The SMILES string of the molecule is CN1CCN(CCCn2c3ccccc3c(=O)c3cccc(F)c32)CC1. The third-order valence-corrected chi connectivity index (χ3v) is 5.39. The third-order valence-electron chi connectivity index (χ3n) is 5.39. The summed E-state index contributed by atoms with van der Waals surface area (Å²) in [5.41, 5.74) is 1.15. The Balaban J connectivity index is 1.68. The van der Waals surface area contributed by atoms with Crippen LogP contribution in [0.5, 0.6) is 0 Å². The first-order chi connectivity index (χ1) is 12.6. The molecule has 4 rings (SSSR count). The minimum absolute atomic E-state index is 0.0922. The predicted octanol–water partition coefficient (Wildman–Crippen LogP) is 2.93. The Labute approximate surface area is 152 Å². The zero-order chi connectivity index (χ0) is 18.1. The van der Waals surface area contributed by atoms with Gasteiger partial charge >= 0.3 is 0 Å². The fourth-order valence-electron chi connectivity index (χ4n) is 3.90. The number of nitrogens with zero attached hydrogens (tertiary/aromatic N) is 3. The van der Waals surface area contributed by atoms with Crippen LogP contribution in [0.15, 0.2) is 47.3 Å². The second-order valence-corrected chi connectivity index (χ2v) is 7.13. The monoisotopic (exact) mass is 353 g/mol. The molecule has 1 saturated heterocycles. The summed E-state index contributed by atoms with van der Waals surface area (Å²) in [6, 6.07) is 12.3. The number of pyridine rings is 1. The molecule has 1 fully saturated rings. The molecule has 26 heavy (non-hydrogen) atoms. The number of benzene rings is 2. The fourth-order valence-corrected chi connectivity index (χ4v) is 3.90. The van der Waals surface area contributed by atoms with E-state index in [4.69, 9.17) is 0 Å². The smallest absolute Gasteiger partial charge is 0.197 e. The molecule has 0 radical (unpaired) electrons. The minimum Gasteiger partial charge on any atom is -0.338 e. The normalized spacial score (nSPS) is 16.5. The number of aryl methyl sites for hydroxylation is 1. The average molecular weight is 353 g/mol. The Bertz CT molecular complexity index is 990. The van der Waals surface area contributed by atoms with Gasteiger partial charge in [0.2, 0.25) is 0 Å². The Hall–Kier alpha value is -2.24. The van der Waals surface area contributed by atoms with Crippen molar-refractivity contribution in [3.8, 4) is 0 Å². The maximum absolute atomic E-state index is 14.6. The van der Waals surface area contributed by atoms with Crippen molar-refractivity contribution < 1.29 is 4.39 Å². The summed E-state index contributed by atoms with van der Waals surface area (Å²) >= 11 is 0. The Morgan fingerprint density at radius 1 is 0.923 bits per heavy atom. The highest BCUT2D eigenvalue weighted by atomic mass is 19.1. The van der Waals surface area contributed by atoms with E-state index in [9.17, 15) is 9.18 Å². The number of para-hydroxylation sites is 2. The lowest BCUT2D eigenvalue weighted by Gasteiger charge is -2.32. The zero-order valence-corrected chi connectivity index (χ0v) is 15.1. The van der Waals surface area contributed by atoms with E-state index in [2.05, 4.69) is 16.8 Å². The quantitative estimate of drug-likeness (QED) is 0.675. The molecule has 0 bridgehead atoms. The van der Waals surface area contributed by atoms with Crippen molar-refractivity contribution in [1.29, 1.82) is 0 Å². The molecular formula is C21H24FN3O. The van der Waals surface area contributed by atoms with E-state index in [1.165, 1.54) is 6.07 Å². The summed E-state index contributed by atoms with van der Waals surface area (Å²) in [5.74, 6) is -0.329. The Morgan fingerprint density at radius 2 is 1.65 bits per heavy atom. The van der Waals surface area contributed by atoms with Gasteiger partial charge in [0, 0.05) is 43.5 Å². The van der Waals surface area contributed by atoms with Gasteiger partial charge in [0.05, 0.1) is 11.0 Å². The molecule has 0 unspecified atom stereocenters. The largest absolute Gasteiger partial charge is 0.338 e.